The number of hydrogen-bond acceptors (Lipinski definition) is 3. The van der Waals surface area contributed by atoms with Gasteiger partial charge in [-0.25, -0.2) is 0 Å². The molecule has 1 aromatic carbocycles. The summed E-state index contributed by atoms with van der Waals surface area (Å²) in [5.74, 6) is 0. The topological polar surface area (TPSA) is 47.1 Å². The number of nitrogens with zero attached hydrogens (tertiary/aromatic N) is 3. The highest BCUT2D eigenvalue weighted by Gasteiger charge is 2.14. The first-order chi connectivity index (χ1) is 9.70. The SMILES string of the molecule is CCCCN(CC(N)c1cnn(C)c1)c1ccccc1. The summed E-state index contributed by atoms with van der Waals surface area (Å²) in [4.78, 5) is 2.36. The van der Waals surface area contributed by atoms with Crippen LogP contribution in [0.2, 0.25) is 0 Å². The van der Waals surface area contributed by atoms with Gasteiger partial charge in [0.2, 0.25) is 0 Å². The Bertz CT molecular complexity index is 506. The molecule has 20 heavy (non-hydrogen) atoms. The minimum Gasteiger partial charge on any atom is -0.370 e. The molecule has 1 heterocycles. The highest BCUT2D eigenvalue weighted by molar-refractivity contribution is 5.46. The van der Waals surface area contributed by atoms with Gasteiger partial charge in [0.1, 0.15) is 0 Å². The lowest BCUT2D eigenvalue weighted by Crippen LogP contribution is -2.33. The summed E-state index contributed by atoms with van der Waals surface area (Å²) in [5.41, 5.74) is 8.65. The fraction of sp³-hybridized carbons (Fsp3) is 0.438. The van der Waals surface area contributed by atoms with Crippen molar-refractivity contribution in [3.05, 3.63) is 48.3 Å². The van der Waals surface area contributed by atoms with E-state index >= 15 is 0 Å². The second kappa shape index (κ2) is 7.10. The summed E-state index contributed by atoms with van der Waals surface area (Å²) in [5, 5.41) is 4.20. The van der Waals surface area contributed by atoms with Crippen molar-refractivity contribution in [2.45, 2.75) is 25.8 Å². The Balaban J connectivity index is 2.07. The first-order valence-corrected chi connectivity index (χ1v) is 7.25. The highest BCUT2D eigenvalue weighted by Crippen LogP contribution is 2.18. The van der Waals surface area contributed by atoms with Crippen molar-refractivity contribution < 1.29 is 0 Å². The van der Waals surface area contributed by atoms with E-state index in [9.17, 15) is 0 Å². The number of rotatable bonds is 7. The van der Waals surface area contributed by atoms with E-state index in [4.69, 9.17) is 5.73 Å². The van der Waals surface area contributed by atoms with Gasteiger partial charge in [0.05, 0.1) is 12.2 Å². The predicted molar refractivity (Wildman–Crippen MR) is 83.7 cm³/mol. The third-order valence-corrected chi connectivity index (χ3v) is 3.47. The second-order valence-corrected chi connectivity index (χ2v) is 5.19. The average molecular weight is 272 g/mol. The number of aromatic nitrogens is 2. The van der Waals surface area contributed by atoms with Crippen molar-refractivity contribution >= 4 is 5.69 Å². The van der Waals surface area contributed by atoms with Crippen LogP contribution < -0.4 is 10.6 Å². The predicted octanol–water partition coefficient (Wildman–Crippen LogP) is 2.73. The maximum atomic E-state index is 6.32. The molecule has 4 nitrogen and oxygen atoms in total. The molecule has 1 atom stereocenters. The summed E-state index contributed by atoms with van der Waals surface area (Å²) in [6, 6.07) is 10.5. The zero-order valence-corrected chi connectivity index (χ0v) is 12.4. The molecule has 0 bridgehead atoms. The fourth-order valence-corrected chi connectivity index (χ4v) is 2.29. The Morgan fingerprint density at radius 1 is 1.30 bits per heavy atom. The molecular weight excluding hydrogens is 248 g/mol. The van der Waals surface area contributed by atoms with Crippen molar-refractivity contribution in [3.63, 3.8) is 0 Å². The van der Waals surface area contributed by atoms with E-state index in [1.165, 1.54) is 18.5 Å². The van der Waals surface area contributed by atoms with E-state index in [2.05, 4.69) is 41.2 Å². The highest BCUT2D eigenvalue weighted by atomic mass is 15.2. The van der Waals surface area contributed by atoms with Gasteiger partial charge in [0.25, 0.3) is 0 Å². The van der Waals surface area contributed by atoms with Gasteiger partial charge in [0, 0.05) is 37.6 Å². The monoisotopic (exact) mass is 272 g/mol. The molecular formula is C16H24N4. The van der Waals surface area contributed by atoms with Crippen LogP contribution >= 0.6 is 0 Å². The van der Waals surface area contributed by atoms with Crippen LogP contribution in [-0.2, 0) is 7.05 Å². The zero-order chi connectivity index (χ0) is 14.4. The first-order valence-electron chi connectivity index (χ1n) is 7.25. The number of para-hydroxylation sites is 1. The number of aryl methyl sites for hydroxylation is 1. The van der Waals surface area contributed by atoms with Crippen LogP contribution in [-0.4, -0.2) is 22.9 Å². The maximum absolute atomic E-state index is 6.32. The molecule has 108 valence electrons. The molecule has 0 aliphatic heterocycles. The Morgan fingerprint density at radius 3 is 2.65 bits per heavy atom. The third kappa shape index (κ3) is 3.84. The zero-order valence-electron chi connectivity index (χ0n) is 12.4. The lowest BCUT2D eigenvalue weighted by atomic mass is 10.1. The number of hydrogen-bond donors (Lipinski definition) is 1. The molecule has 2 aromatic rings. The van der Waals surface area contributed by atoms with Crippen molar-refractivity contribution in [3.8, 4) is 0 Å². The number of nitrogens with two attached hydrogens (primary N) is 1. The van der Waals surface area contributed by atoms with Gasteiger partial charge in [-0.3, -0.25) is 4.68 Å². The lowest BCUT2D eigenvalue weighted by molar-refractivity contribution is 0.640. The summed E-state index contributed by atoms with van der Waals surface area (Å²) in [6.45, 7) is 4.06. The molecule has 0 spiro atoms. The molecule has 0 radical (unpaired) electrons. The van der Waals surface area contributed by atoms with E-state index < -0.39 is 0 Å². The summed E-state index contributed by atoms with van der Waals surface area (Å²) >= 11 is 0. The van der Waals surface area contributed by atoms with E-state index in [0.717, 1.165) is 18.7 Å². The van der Waals surface area contributed by atoms with Gasteiger partial charge in [-0.05, 0) is 18.6 Å². The molecule has 1 aromatic heterocycles. The van der Waals surface area contributed by atoms with Gasteiger partial charge in [-0.15, -0.1) is 0 Å². The smallest absolute Gasteiger partial charge is 0.0538 e. The van der Waals surface area contributed by atoms with E-state index in [1.54, 1.807) is 4.68 Å². The molecule has 1 unspecified atom stereocenters. The lowest BCUT2D eigenvalue weighted by Gasteiger charge is -2.27. The average Bonchev–Trinajstić information content (AvgIpc) is 2.91. The third-order valence-electron chi connectivity index (χ3n) is 3.47. The molecule has 0 saturated carbocycles. The summed E-state index contributed by atoms with van der Waals surface area (Å²) in [7, 11) is 1.92. The van der Waals surface area contributed by atoms with Crippen LogP contribution in [0.4, 0.5) is 5.69 Å². The maximum Gasteiger partial charge on any atom is 0.0538 e. The Labute approximate surface area is 121 Å². The largest absolute Gasteiger partial charge is 0.370 e. The molecule has 2 rings (SSSR count). The quantitative estimate of drug-likeness (QED) is 0.843. The molecule has 4 heteroatoms. The van der Waals surface area contributed by atoms with Crippen molar-refractivity contribution in [2.24, 2.45) is 12.8 Å². The molecule has 0 saturated heterocycles. The van der Waals surface area contributed by atoms with Crippen LogP contribution in [0, 0.1) is 0 Å². The minimum atomic E-state index is -0.0132. The minimum absolute atomic E-state index is 0.0132. The molecule has 0 fully saturated rings. The van der Waals surface area contributed by atoms with Crippen LogP contribution in [0.5, 0.6) is 0 Å². The fourth-order valence-electron chi connectivity index (χ4n) is 2.29. The van der Waals surface area contributed by atoms with Gasteiger partial charge in [-0.2, -0.15) is 5.10 Å². The van der Waals surface area contributed by atoms with Gasteiger partial charge >= 0.3 is 0 Å². The Kier molecular flexibility index (Phi) is 5.18. The van der Waals surface area contributed by atoms with Crippen molar-refractivity contribution in [1.29, 1.82) is 0 Å². The van der Waals surface area contributed by atoms with Crippen LogP contribution in [0.25, 0.3) is 0 Å². The van der Waals surface area contributed by atoms with E-state index in [-0.39, 0.29) is 6.04 Å². The van der Waals surface area contributed by atoms with Gasteiger partial charge < -0.3 is 10.6 Å². The number of anilines is 1. The van der Waals surface area contributed by atoms with Crippen LogP contribution in [0.1, 0.15) is 31.4 Å². The molecule has 2 N–H and O–H groups in total. The van der Waals surface area contributed by atoms with E-state index in [0.29, 0.717) is 0 Å². The van der Waals surface area contributed by atoms with Crippen LogP contribution in [0.3, 0.4) is 0 Å². The molecule has 0 amide bonds. The molecule has 0 aliphatic carbocycles. The van der Waals surface area contributed by atoms with Crippen LogP contribution in [0.15, 0.2) is 42.7 Å². The first kappa shape index (κ1) is 14.6. The second-order valence-electron chi connectivity index (χ2n) is 5.19. The number of benzene rings is 1. The van der Waals surface area contributed by atoms with Crippen molar-refractivity contribution in [1.82, 2.24) is 9.78 Å². The van der Waals surface area contributed by atoms with E-state index in [1.807, 2.05) is 25.5 Å². The van der Waals surface area contributed by atoms with Gasteiger partial charge in [0.15, 0.2) is 0 Å². The summed E-state index contributed by atoms with van der Waals surface area (Å²) < 4.78 is 1.80. The summed E-state index contributed by atoms with van der Waals surface area (Å²) in [6.07, 6.45) is 6.21. The van der Waals surface area contributed by atoms with Gasteiger partial charge in [-0.1, -0.05) is 31.5 Å². The standard InChI is InChI=1S/C16H24N4/c1-3-4-10-20(15-8-6-5-7-9-15)13-16(17)14-11-18-19(2)12-14/h5-9,11-12,16H,3-4,10,13,17H2,1-2H3. The Hall–Kier alpha value is -1.81. The Morgan fingerprint density at radius 2 is 2.05 bits per heavy atom. The molecule has 0 aliphatic rings. The normalized spacial score (nSPS) is 12.3. The number of unbranched alkanes of at least 4 members (excludes halogenated alkanes) is 1. The van der Waals surface area contributed by atoms with Crippen molar-refractivity contribution in [2.75, 3.05) is 18.0 Å².